The molecule has 1 aromatic rings. The molecule has 1 saturated carbocycles. The van der Waals surface area contributed by atoms with E-state index in [1.807, 2.05) is 49.9 Å². The van der Waals surface area contributed by atoms with Gasteiger partial charge in [-0.05, 0) is 37.3 Å². The molecule has 1 heterocycles. The number of nitrogens with one attached hydrogen (secondary N) is 1. The monoisotopic (exact) mass is 371 g/mol. The molecule has 5 heteroatoms. The summed E-state index contributed by atoms with van der Waals surface area (Å²) in [6.45, 7) is 9.34. The van der Waals surface area contributed by atoms with E-state index in [0.717, 1.165) is 31.7 Å². The summed E-state index contributed by atoms with van der Waals surface area (Å²) in [4.78, 5) is 30.3. The average molecular weight is 372 g/mol. The van der Waals surface area contributed by atoms with Crippen molar-refractivity contribution >= 4 is 11.8 Å². The third-order valence-electron chi connectivity index (χ3n) is 6.08. The maximum Gasteiger partial charge on any atom is 0.252 e. The molecule has 27 heavy (non-hydrogen) atoms. The van der Waals surface area contributed by atoms with Gasteiger partial charge in [0, 0.05) is 37.8 Å². The molecule has 2 amide bonds. The molecule has 1 N–H and O–H groups in total. The van der Waals surface area contributed by atoms with E-state index in [0.29, 0.717) is 11.6 Å². The van der Waals surface area contributed by atoms with Crippen LogP contribution in [0.4, 0.5) is 0 Å². The molecule has 0 aromatic heterocycles. The zero-order valence-electron chi connectivity index (χ0n) is 16.9. The number of piperazine rings is 1. The first-order valence-corrected chi connectivity index (χ1v) is 10.4. The maximum atomic E-state index is 13.1. The lowest BCUT2D eigenvalue weighted by molar-refractivity contribution is -0.136. The van der Waals surface area contributed by atoms with Gasteiger partial charge in [-0.25, -0.2) is 0 Å². The van der Waals surface area contributed by atoms with E-state index in [9.17, 15) is 9.59 Å². The fourth-order valence-corrected chi connectivity index (χ4v) is 4.33. The van der Waals surface area contributed by atoms with Gasteiger partial charge in [-0.15, -0.1) is 0 Å². The molecule has 5 nitrogen and oxygen atoms in total. The molecule has 1 saturated heterocycles. The largest absolute Gasteiger partial charge is 0.340 e. The Balaban J connectivity index is 1.60. The summed E-state index contributed by atoms with van der Waals surface area (Å²) in [5.74, 6) is -0.0546. The van der Waals surface area contributed by atoms with Gasteiger partial charge < -0.3 is 10.2 Å². The SMILES string of the molecule is Cc1ccccc1C(=O)NC(C(=O)N1CCN(C2CCCC2)CC1)C(C)C. The van der Waals surface area contributed by atoms with Crippen LogP contribution in [-0.4, -0.2) is 59.9 Å². The number of hydrogen-bond donors (Lipinski definition) is 1. The van der Waals surface area contributed by atoms with E-state index in [1.165, 1.54) is 25.7 Å². The van der Waals surface area contributed by atoms with Crippen molar-refractivity contribution in [2.75, 3.05) is 26.2 Å². The fourth-order valence-electron chi connectivity index (χ4n) is 4.33. The maximum absolute atomic E-state index is 13.1. The Labute approximate surface area is 163 Å². The second-order valence-electron chi connectivity index (χ2n) is 8.31. The highest BCUT2D eigenvalue weighted by Gasteiger charge is 2.33. The first kappa shape index (κ1) is 19.9. The van der Waals surface area contributed by atoms with Crippen molar-refractivity contribution in [3.05, 3.63) is 35.4 Å². The first-order valence-electron chi connectivity index (χ1n) is 10.4. The second-order valence-corrected chi connectivity index (χ2v) is 8.31. The van der Waals surface area contributed by atoms with E-state index in [-0.39, 0.29) is 17.7 Å². The minimum absolute atomic E-state index is 0.0537. The molecule has 0 spiro atoms. The summed E-state index contributed by atoms with van der Waals surface area (Å²) in [6, 6.07) is 7.74. The van der Waals surface area contributed by atoms with Crippen LogP contribution in [-0.2, 0) is 4.79 Å². The highest BCUT2D eigenvalue weighted by Crippen LogP contribution is 2.24. The molecule has 1 unspecified atom stereocenters. The number of benzene rings is 1. The highest BCUT2D eigenvalue weighted by atomic mass is 16.2. The van der Waals surface area contributed by atoms with Crippen molar-refractivity contribution in [3.8, 4) is 0 Å². The lowest BCUT2D eigenvalue weighted by Crippen LogP contribution is -2.57. The normalized spacial score (nSPS) is 20.1. The van der Waals surface area contributed by atoms with Crippen LogP contribution in [0.1, 0.15) is 55.5 Å². The van der Waals surface area contributed by atoms with Crippen LogP contribution in [0.15, 0.2) is 24.3 Å². The van der Waals surface area contributed by atoms with Gasteiger partial charge in [0.1, 0.15) is 6.04 Å². The molecule has 1 aliphatic carbocycles. The zero-order valence-corrected chi connectivity index (χ0v) is 16.9. The van der Waals surface area contributed by atoms with Gasteiger partial charge in [0.15, 0.2) is 0 Å². The van der Waals surface area contributed by atoms with Crippen molar-refractivity contribution in [1.29, 1.82) is 0 Å². The summed E-state index contributed by atoms with van der Waals surface area (Å²) < 4.78 is 0. The van der Waals surface area contributed by atoms with Crippen LogP contribution >= 0.6 is 0 Å². The number of rotatable bonds is 5. The lowest BCUT2D eigenvalue weighted by Gasteiger charge is -2.39. The second kappa shape index (κ2) is 8.87. The van der Waals surface area contributed by atoms with E-state index in [1.54, 1.807) is 0 Å². The summed E-state index contributed by atoms with van der Waals surface area (Å²) in [7, 11) is 0. The van der Waals surface area contributed by atoms with Crippen LogP contribution in [0.25, 0.3) is 0 Å². The Morgan fingerprint density at radius 3 is 2.26 bits per heavy atom. The Kier molecular flexibility index (Phi) is 6.53. The van der Waals surface area contributed by atoms with Gasteiger partial charge in [-0.3, -0.25) is 14.5 Å². The molecular formula is C22H33N3O2. The van der Waals surface area contributed by atoms with Gasteiger partial charge in [-0.1, -0.05) is 44.9 Å². The summed E-state index contributed by atoms with van der Waals surface area (Å²) in [6.07, 6.45) is 5.28. The van der Waals surface area contributed by atoms with Gasteiger partial charge in [-0.2, -0.15) is 0 Å². The third kappa shape index (κ3) is 4.70. The molecule has 148 valence electrons. The van der Waals surface area contributed by atoms with E-state index >= 15 is 0 Å². The van der Waals surface area contributed by atoms with E-state index < -0.39 is 6.04 Å². The number of carbonyl (C=O) groups is 2. The topological polar surface area (TPSA) is 52.7 Å². The Hall–Kier alpha value is -1.88. The van der Waals surface area contributed by atoms with Crippen LogP contribution in [0.3, 0.4) is 0 Å². The van der Waals surface area contributed by atoms with Gasteiger partial charge in [0.25, 0.3) is 5.91 Å². The number of aryl methyl sites for hydroxylation is 1. The van der Waals surface area contributed by atoms with Crippen molar-refractivity contribution in [3.63, 3.8) is 0 Å². The van der Waals surface area contributed by atoms with Gasteiger partial charge in [0.05, 0.1) is 0 Å². The fraction of sp³-hybridized carbons (Fsp3) is 0.636. The standard InChI is InChI=1S/C22H33N3O2/c1-16(2)20(23-21(26)19-11-7-4-8-17(19)3)22(27)25-14-12-24(13-15-25)18-9-5-6-10-18/h4,7-8,11,16,18,20H,5-6,9-10,12-15H2,1-3H3,(H,23,26). The molecule has 2 fully saturated rings. The van der Waals surface area contributed by atoms with Crippen molar-refractivity contribution in [1.82, 2.24) is 15.1 Å². The molecule has 1 aromatic carbocycles. The summed E-state index contributed by atoms with van der Waals surface area (Å²) >= 11 is 0. The Morgan fingerprint density at radius 1 is 1.04 bits per heavy atom. The van der Waals surface area contributed by atoms with Crippen LogP contribution in [0.5, 0.6) is 0 Å². The molecular weight excluding hydrogens is 338 g/mol. The van der Waals surface area contributed by atoms with Crippen LogP contribution in [0, 0.1) is 12.8 Å². The van der Waals surface area contributed by atoms with Gasteiger partial charge in [0.2, 0.25) is 5.91 Å². The molecule has 0 radical (unpaired) electrons. The predicted octanol–water partition coefficient (Wildman–Crippen LogP) is 2.84. The summed E-state index contributed by atoms with van der Waals surface area (Å²) in [5, 5.41) is 2.99. The number of hydrogen-bond acceptors (Lipinski definition) is 3. The van der Waals surface area contributed by atoms with E-state index in [4.69, 9.17) is 0 Å². The van der Waals surface area contributed by atoms with E-state index in [2.05, 4.69) is 10.2 Å². The highest BCUT2D eigenvalue weighted by molar-refractivity contribution is 5.98. The number of nitrogens with zero attached hydrogens (tertiary/aromatic N) is 2. The lowest BCUT2D eigenvalue weighted by atomic mass is 10.0. The van der Waals surface area contributed by atoms with Crippen molar-refractivity contribution in [2.24, 2.45) is 5.92 Å². The molecule has 2 aliphatic rings. The van der Waals surface area contributed by atoms with Crippen LogP contribution in [0.2, 0.25) is 0 Å². The molecule has 0 bridgehead atoms. The molecule has 3 rings (SSSR count). The predicted molar refractivity (Wildman–Crippen MR) is 108 cm³/mol. The Morgan fingerprint density at radius 2 is 1.67 bits per heavy atom. The van der Waals surface area contributed by atoms with Crippen molar-refractivity contribution in [2.45, 2.75) is 58.5 Å². The Bertz CT molecular complexity index is 659. The quantitative estimate of drug-likeness (QED) is 0.866. The molecule has 1 atom stereocenters. The average Bonchev–Trinajstić information content (AvgIpc) is 3.20. The first-order chi connectivity index (χ1) is 13.0. The van der Waals surface area contributed by atoms with Gasteiger partial charge >= 0.3 is 0 Å². The zero-order chi connectivity index (χ0) is 19.4. The van der Waals surface area contributed by atoms with Crippen LogP contribution < -0.4 is 5.32 Å². The molecule has 1 aliphatic heterocycles. The third-order valence-corrected chi connectivity index (χ3v) is 6.08. The number of carbonyl (C=O) groups excluding carboxylic acids is 2. The number of amides is 2. The smallest absolute Gasteiger partial charge is 0.252 e. The minimum Gasteiger partial charge on any atom is -0.340 e. The minimum atomic E-state index is -0.477. The van der Waals surface area contributed by atoms with Crippen molar-refractivity contribution < 1.29 is 9.59 Å². The summed E-state index contributed by atoms with van der Waals surface area (Å²) in [5.41, 5.74) is 1.57.